The van der Waals surface area contributed by atoms with Crippen LogP contribution in [0.5, 0.6) is 0 Å². The first-order valence-electron chi connectivity index (χ1n) is 5.05. The van der Waals surface area contributed by atoms with E-state index in [0.29, 0.717) is 17.6 Å². The van der Waals surface area contributed by atoms with E-state index in [9.17, 15) is 4.79 Å². The molecule has 1 saturated heterocycles. The van der Waals surface area contributed by atoms with Crippen molar-refractivity contribution in [1.29, 1.82) is 0 Å². The monoisotopic (exact) mass is 243 g/mol. The first-order chi connectivity index (χ1) is 7.31. The molecule has 0 amide bonds. The minimum atomic E-state index is -0.303. The summed E-state index contributed by atoms with van der Waals surface area (Å²) in [6.45, 7) is 2.21. The number of hydrogen-bond donors (Lipinski definition) is 0. The van der Waals surface area contributed by atoms with Crippen LogP contribution in [0.15, 0.2) is 5.38 Å². The van der Waals surface area contributed by atoms with E-state index < -0.39 is 0 Å². The van der Waals surface area contributed by atoms with Crippen LogP contribution in [0.2, 0.25) is 0 Å². The minimum Gasteiger partial charge on any atom is -0.461 e. The Morgan fingerprint density at radius 2 is 2.60 bits per heavy atom. The van der Waals surface area contributed by atoms with Gasteiger partial charge in [0.2, 0.25) is 0 Å². The highest BCUT2D eigenvalue weighted by atomic mass is 32.2. The topological polar surface area (TPSA) is 39.2 Å². The smallest absolute Gasteiger partial charge is 0.357 e. The van der Waals surface area contributed by atoms with Crippen molar-refractivity contribution in [3.05, 3.63) is 16.1 Å². The molecule has 1 aliphatic rings. The Labute approximate surface area is 97.2 Å². The van der Waals surface area contributed by atoms with Crippen LogP contribution in [0.3, 0.4) is 0 Å². The normalized spacial score (nSPS) is 20.5. The lowest BCUT2D eigenvalue weighted by Gasteiger charge is -2.02. The predicted octanol–water partition coefficient (Wildman–Crippen LogP) is 2.89. The lowest BCUT2D eigenvalue weighted by molar-refractivity contribution is 0.0520. The zero-order valence-corrected chi connectivity index (χ0v) is 10.2. The van der Waals surface area contributed by atoms with Gasteiger partial charge in [-0.1, -0.05) is 0 Å². The largest absolute Gasteiger partial charge is 0.461 e. The van der Waals surface area contributed by atoms with Crippen LogP contribution >= 0.6 is 23.1 Å². The van der Waals surface area contributed by atoms with E-state index in [0.717, 1.165) is 5.01 Å². The molecular formula is C10H13NO2S2. The van der Waals surface area contributed by atoms with E-state index in [4.69, 9.17) is 4.74 Å². The zero-order chi connectivity index (χ0) is 10.7. The Hall–Kier alpha value is -0.550. The van der Waals surface area contributed by atoms with Crippen molar-refractivity contribution < 1.29 is 9.53 Å². The number of carbonyl (C=O) groups is 1. The second kappa shape index (κ2) is 4.99. The van der Waals surface area contributed by atoms with Gasteiger partial charge in [-0.3, -0.25) is 0 Å². The summed E-state index contributed by atoms with van der Waals surface area (Å²) in [5, 5.41) is 3.37. The second-order valence-electron chi connectivity index (χ2n) is 3.29. The SMILES string of the molecule is CCOC(=O)c1csc(C2CCCS2)n1. The summed E-state index contributed by atoms with van der Waals surface area (Å²) in [6, 6.07) is 0. The Bertz CT molecular complexity index is 345. The summed E-state index contributed by atoms with van der Waals surface area (Å²) < 4.78 is 4.90. The van der Waals surface area contributed by atoms with E-state index in [2.05, 4.69) is 4.98 Å². The highest BCUT2D eigenvalue weighted by Gasteiger charge is 2.22. The van der Waals surface area contributed by atoms with Crippen molar-refractivity contribution in [2.45, 2.75) is 25.0 Å². The number of carbonyl (C=O) groups excluding carboxylic acids is 1. The first-order valence-corrected chi connectivity index (χ1v) is 6.98. The lowest BCUT2D eigenvalue weighted by Crippen LogP contribution is -2.05. The highest BCUT2D eigenvalue weighted by Crippen LogP contribution is 2.40. The quantitative estimate of drug-likeness (QED) is 0.765. The number of aromatic nitrogens is 1. The molecule has 0 radical (unpaired) electrons. The van der Waals surface area contributed by atoms with Crippen molar-refractivity contribution >= 4 is 29.1 Å². The molecule has 1 aromatic rings. The van der Waals surface area contributed by atoms with Crippen molar-refractivity contribution in [1.82, 2.24) is 4.98 Å². The molecule has 0 saturated carbocycles. The number of nitrogens with zero attached hydrogens (tertiary/aromatic N) is 1. The molecule has 1 unspecified atom stereocenters. The molecule has 15 heavy (non-hydrogen) atoms. The van der Waals surface area contributed by atoms with Crippen molar-refractivity contribution in [2.75, 3.05) is 12.4 Å². The van der Waals surface area contributed by atoms with Gasteiger partial charge in [-0.25, -0.2) is 9.78 Å². The number of thiazole rings is 1. The molecule has 3 nitrogen and oxygen atoms in total. The molecule has 2 rings (SSSR count). The molecule has 82 valence electrons. The molecule has 1 aromatic heterocycles. The minimum absolute atomic E-state index is 0.303. The maximum atomic E-state index is 11.4. The Morgan fingerprint density at radius 1 is 1.73 bits per heavy atom. The molecule has 0 aliphatic carbocycles. The molecule has 1 atom stereocenters. The molecule has 0 bridgehead atoms. The standard InChI is InChI=1S/C10H13NO2S2/c1-2-13-10(12)7-6-15-9(11-7)8-4-3-5-14-8/h6,8H,2-5H2,1H3. The van der Waals surface area contributed by atoms with E-state index in [1.807, 2.05) is 11.8 Å². The van der Waals surface area contributed by atoms with E-state index in [1.165, 1.54) is 18.6 Å². The molecule has 5 heteroatoms. The summed E-state index contributed by atoms with van der Waals surface area (Å²) in [7, 11) is 0. The van der Waals surface area contributed by atoms with Gasteiger partial charge in [0.1, 0.15) is 5.01 Å². The average Bonchev–Trinajstić information content (AvgIpc) is 2.89. The van der Waals surface area contributed by atoms with Gasteiger partial charge < -0.3 is 4.74 Å². The van der Waals surface area contributed by atoms with Crippen LogP contribution in [0.4, 0.5) is 0 Å². The van der Waals surface area contributed by atoms with E-state index in [1.54, 1.807) is 23.6 Å². The van der Waals surface area contributed by atoms with Crippen molar-refractivity contribution in [3.63, 3.8) is 0 Å². The van der Waals surface area contributed by atoms with E-state index >= 15 is 0 Å². The summed E-state index contributed by atoms with van der Waals surface area (Å²) in [6.07, 6.45) is 2.43. The first kappa shape index (κ1) is 11.0. The molecule has 0 spiro atoms. The fraction of sp³-hybridized carbons (Fsp3) is 0.600. The summed E-state index contributed by atoms with van der Waals surface area (Å²) in [4.78, 5) is 15.7. The van der Waals surface area contributed by atoms with Crippen molar-refractivity contribution in [3.8, 4) is 0 Å². The zero-order valence-electron chi connectivity index (χ0n) is 8.56. The van der Waals surface area contributed by atoms with Gasteiger partial charge in [0.25, 0.3) is 0 Å². The second-order valence-corrected chi connectivity index (χ2v) is 5.49. The van der Waals surface area contributed by atoms with Gasteiger partial charge >= 0.3 is 5.97 Å². The molecule has 0 N–H and O–H groups in total. The van der Waals surface area contributed by atoms with Gasteiger partial charge in [0.05, 0.1) is 11.9 Å². The van der Waals surface area contributed by atoms with Crippen LogP contribution in [-0.2, 0) is 4.74 Å². The lowest BCUT2D eigenvalue weighted by atomic mass is 10.3. The van der Waals surface area contributed by atoms with Crippen LogP contribution in [0, 0.1) is 0 Å². The third-order valence-corrected chi connectivity index (χ3v) is 4.70. The Balaban J connectivity index is 2.06. The van der Waals surface area contributed by atoms with Gasteiger partial charge in [-0.2, -0.15) is 11.8 Å². The number of rotatable bonds is 3. The number of esters is 1. The van der Waals surface area contributed by atoms with Gasteiger partial charge in [-0.15, -0.1) is 11.3 Å². The third-order valence-electron chi connectivity index (χ3n) is 2.21. The fourth-order valence-corrected chi connectivity index (χ4v) is 3.83. The maximum absolute atomic E-state index is 11.4. The van der Waals surface area contributed by atoms with Gasteiger partial charge in [0, 0.05) is 5.38 Å². The van der Waals surface area contributed by atoms with Crippen molar-refractivity contribution in [2.24, 2.45) is 0 Å². The molecule has 2 heterocycles. The van der Waals surface area contributed by atoms with Crippen LogP contribution in [0.1, 0.15) is 40.5 Å². The summed E-state index contributed by atoms with van der Waals surface area (Å²) in [5.74, 6) is 0.905. The Kier molecular flexibility index (Phi) is 3.64. The third kappa shape index (κ3) is 2.52. The van der Waals surface area contributed by atoms with E-state index in [-0.39, 0.29) is 5.97 Å². The number of thioether (sulfide) groups is 1. The van der Waals surface area contributed by atoms with Crippen LogP contribution in [0.25, 0.3) is 0 Å². The summed E-state index contributed by atoms with van der Waals surface area (Å²) in [5.41, 5.74) is 0.462. The molecular weight excluding hydrogens is 230 g/mol. The molecule has 1 aliphatic heterocycles. The fourth-order valence-electron chi connectivity index (χ4n) is 1.51. The van der Waals surface area contributed by atoms with Crippen LogP contribution < -0.4 is 0 Å². The van der Waals surface area contributed by atoms with Gasteiger partial charge in [0.15, 0.2) is 5.69 Å². The Morgan fingerprint density at radius 3 is 3.27 bits per heavy atom. The average molecular weight is 243 g/mol. The summed E-state index contributed by atoms with van der Waals surface area (Å²) >= 11 is 3.50. The number of hydrogen-bond acceptors (Lipinski definition) is 5. The number of ether oxygens (including phenoxy) is 1. The predicted molar refractivity (Wildman–Crippen MR) is 62.5 cm³/mol. The highest BCUT2D eigenvalue weighted by molar-refractivity contribution is 7.99. The molecule has 1 fully saturated rings. The van der Waals surface area contributed by atoms with Gasteiger partial charge in [-0.05, 0) is 25.5 Å². The van der Waals surface area contributed by atoms with Crippen LogP contribution in [-0.4, -0.2) is 23.3 Å². The maximum Gasteiger partial charge on any atom is 0.357 e. The molecule has 0 aromatic carbocycles.